The fourth-order valence-electron chi connectivity index (χ4n) is 3.07. The second-order valence-corrected chi connectivity index (χ2v) is 5.79. The minimum atomic E-state index is -0.0961. The average Bonchev–Trinajstić information content (AvgIpc) is 2.95. The van der Waals surface area contributed by atoms with Crippen LogP contribution in [0.1, 0.15) is 5.69 Å². The molecule has 0 radical (unpaired) electrons. The van der Waals surface area contributed by atoms with Crippen LogP contribution in [0.2, 0.25) is 0 Å². The molecule has 0 aliphatic carbocycles. The molecule has 0 saturated carbocycles. The number of nitrogens with zero attached hydrogens (tertiary/aromatic N) is 2. The van der Waals surface area contributed by atoms with E-state index in [1.807, 2.05) is 19.1 Å². The van der Waals surface area contributed by atoms with Gasteiger partial charge in [0.2, 0.25) is 5.56 Å². The summed E-state index contributed by atoms with van der Waals surface area (Å²) in [5.41, 5.74) is 3.72. The van der Waals surface area contributed by atoms with E-state index in [0.717, 1.165) is 46.8 Å². The Morgan fingerprint density at radius 2 is 2.00 bits per heavy atom. The zero-order chi connectivity index (χ0) is 15.8. The van der Waals surface area contributed by atoms with Gasteiger partial charge < -0.3 is 19.6 Å². The topological polar surface area (TPSA) is 74.0 Å². The zero-order valence-electron chi connectivity index (χ0n) is 12.9. The lowest BCUT2D eigenvalue weighted by Gasteiger charge is -2.28. The van der Waals surface area contributed by atoms with Crippen molar-refractivity contribution in [1.82, 2.24) is 15.0 Å². The van der Waals surface area contributed by atoms with Crippen LogP contribution in [0.25, 0.3) is 22.2 Å². The normalized spacial score (nSPS) is 15.3. The largest absolute Gasteiger partial charge is 0.378 e. The third-order valence-corrected chi connectivity index (χ3v) is 4.16. The summed E-state index contributed by atoms with van der Waals surface area (Å²) in [5, 5.41) is 1.03. The molecule has 6 nitrogen and oxygen atoms in total. The van der Waals surface area contributed by atoms with E-state index in [4.69, 9.17) is 4.74 Å². The van der Waals surface area contributed by atoms with Crippen molar-refractivity contribution in [1.29, 1.82) is 0 Å². The van der Waals surface area contributed by atoms with Gasteiger partial charge in [0.05, 0.1) is 13.2 Å². The lowest BCUT2D eigenvalue weighted by Crippen LogP contribution is -2.37. The van der Waals surface area contributed by atoms with Crippen LogP contribution >= 0.6 is 0 Å². The van der Waals surface area contributed by atoms with Gasteiger partial charge in [-0.1, -0.05) is 0 Å². The maximum absolute atomic E-state index is 12.1. The molecule has 1 aliphatic rings. The molecule has 1 aliphatic heterocycles. The number of rotatable bonds is 2. The first kappa shape index (κ1) is 14.0. The van der Waals surface area contributed by atoms with Crippen molar-refractivity contribution in [3.63, 3.8) is 0 Å². The molecule has 4 rings (SSSR count). The van der Waals surface area contributed by atoms with Crippen LogP contribution in [-0.2, 0) is 4.74 Å². The Bertz CT molecular complexity index is 906. The molecule has 0 aromatic carbocycles. The molecule has 23 heavy (non-hydrogen) atoms. The second-order valence-electron chi connectivity index (χ2n) is 5.79. The summed E-state index contributed by atoms with van der Waals surface area (Å²) in [5.74, 6) is 0.841. The number of aromatic amines is 2. The van der Waals surface area contributed by atoms with E-state index in [-0.39, 0.29) is 5.56 Å². The molecule has 118 valence electrons. The summed E-state index contributed by atoms with van der Waals surface area (Å²) in [6.45, 7) is 4.94. The van der Waals surface area contributed by atoms with Crippen LogP contribution in [0.15, 0.2) is 35.3 Å². The van der Waals surface area contributed by atoms with Crippen LogP contribution in [-0.4, -0.2) is 41.3 Å². The molecule has 3 aromatic heterocycles. The standard InChI is InChI=1S/C17H18N4O2/c1-11-8-14-13(2-3-18-17(14)19-11)12-9-15(20-16(22)10-12)21-4-6-23-7-5-21/h2-3,8-10H,4-7H2,1H3,(H,18,19)(H,20,22). The summed E-state index contributed by atoms with van der Waals surface area (Å²) in [7, 11) is 0. The highest BCUT2D eigenvalue weighted by Gasteiger charge is 2.14. The zero-order valence-corrected chi connectivity index (χ0v) is 12.9. The number of ether oxygens (including phenoxy) is 1. The van der Waals surface area contributed by atoms with Gasteiger partial charge in [-0.25, -0.2) is 4.98 Å². The average molecular weight is 310 g/mol. The Morgan fingerprint density at radius 1 is 1.17 bits per heavy atom. The number of hydrogen-bond acceptors (Lipinski definition) is 4. The Labute approximate surface area is 133 Å². The second kappa shape index (κ2) is 5.55. The molecule has 1 fully saturated rings. The number of hydrogen-bond donors (Lipinski definition) is 2. The SMILES string of the molecule is Cc1cc2c(-c3cc(N4CCOCC4)[nH]c(=O)c3)ccnc2[nH]1. The fourth-order valence-corrected chi connectivity index (χ4v) is 3.07. The van der Waals surface area contributed by atoms with E-state index in [9.17, 15) is 4.79 Å². The Morgan fingerprint density at radius 3 is 2.83 bits per heavy atom. The number of aryl methyl sites for hydroxylation is 1. The van der Waals surface area contributed by atoms with Gasteiger partial charge in [-0.3, -0.25) is 4.79 Å². The molecule has 0 atom stereocenters. The lowest BCUT2D eigenvalue weighted by molar-refractivity contribution is 0.122. The summed E-state index contributed by atoms with van der Waals surface area (Å²) in [6, 6.07) is 7.69. The maximum atomic E-state index is 12.1. The predicted octanol–water partition coefficient (Wildman–Crippen LogP) is 2.06. The number of pyridine rings is 2. The predicted molar refractivity (Wildman–Crippen MR) is 89.9 cm³/mol. The van der Waals surface area contributed by atoms with E-state index >= 15 is 0 Å². The van der Waals surface area contributed by atoms with Gasteiger partial charge in [0.15, 0.2) is 0 Å². The minimum absolute atomic E-state index is 0.0961. The third-order valence-electron chi connectivity index (χ3n) is 4.16. The summed E-state index contributed by atoms with van der Waals surface area (Å²) >= 11 is 0. The van der Waals surface area contributed by atoms with Gasteiger partial charge in [0.1, 0.15) is 11.5 Å². The molecular formula is C17H18N4O2. The first-order chi connectivity index (χ1) is 11.2. The highest BCUT2D eigenvalue weighted by atomic mass is 16.5. The van der Waals surface area contributed by atoms with Crippen molar-refractivity contribution in [2.45, 2.75) is 6.92 Å². The highest BCUT2D eigenvalue weighted by molar-refractivity contribution is 5.93. The van der Waals surface area contributed by atoms with E-state index in [2.05, 4.69) is 25.9 Å². The molecular weight excluding hydrogens is 292 g/mol. The Kier molecular flexibility index (Phi) is 3.38. The number of aromatic nitrogens is 3. The molecule has 1 saturated heterocycles. The summed E-state index contributed by atoms with van der Waals surface area (Å²) in [6.07, 6.45) is 1.77. The first-order valence-electron chi connectivity index (χ1n) is 7.72. The number of nitrogens with one attached hydrogen (secondary N) is 2. The smallest absolute Gasteiger partial charge is 0.250 e. The molecule has 3 aromatic rings. The summed E-state index contributed by atoms with van der Waals surface area (Å²) in [4.78, 5) is 24.8. The molecule has 0 amide bonds. The van der Waals surface area contributed by atoms with Crippen LogP contribution in [0, 0.1) is 6.92 Å². The first-order valence-corrected chi connectivity index (χ1v) is 7.72. The van der Waals surface area contributed by atoms with Gasteiger partial charge >= 0.3 is 0 Å². The molecule has 0 unspecified atom stereocenters. The molecule has 4 heterocycles. The number of H-pyrrole nitrogens is 2. The maximum Gasteiger partial charge on any atom is 0.250 e. The number of fused-ring (bicyclic) bond motifs is 1. The Hall–Kier alpha value is -2.60. The van der Waals surface area contributed by atoms with Crippen LogP contribution in [0.3, 0.4) is 0 Å². The van der Waals surface area contributed by atoms with Crippen LogP contribution < -0.4 is 10.5 Å². The summed E-state index contributed by atoms with van der Waals surface area (Å²) < 4.78 is 5.38. The van der Waals surface area contributed by atoms with Gasteiger partial charge in [0, 0.05) is 36.4 Å². The molecule has 2 N–H and O–H groups in total. The van der Waals surface area contributed by atoms with E-state index in [0.29, 0.717) is 13.2 Å². The monoisotopic (exact) mass is 310 g/mol. The number of morpholine rings is 1. The van der Waals surface area contributed by atoms with Gasteiger partial charge in [0.25, 0.3) is 0 Å². The van der Waals surface area contributed by atoms with Crippen molar-refractivity contribution in [3.05, 3.63) is 46.5 Å². The van der Waals surface area contributed by atoms with Gasteiger partial charge in [-0.15, -0.1) is 0 Å². The van der Waals surface area contributed by atoms with Crippen molar-refractivity contribution in [2.75, 3.05) is 31.2 Å². The fraction of sp³-hybridized carbons (Fsp3) is 0.294. The van der Waals surface area contributed by atoms with E-state index in [1.54, 1.807) is 12.3 Å². The van der Waals surface area contributed by atoms with Crippen molar-refractivity contribution >= 4 is 16.9 Å². The minimum Gasteiger partial charge on any atom is -0.378 e. The van der Waals surface area contributed by atoms with Gasteiger partial charge in [-0.05, 0) is 36.2 Å². The van der Waals surface area contributed by atoms with Crippen molar-refractivity contribution < 1.29 is 4.74 Å². The molecule has 0 spiro atoms. The van der Waals surface area contributed by atoms with Crippen LogP contribution in [0.4, 0.5) is 5.82 Å². The number of anilines is 1. The highest BCUT2D eigenvalue weighted by Crippen LogP contribution is 2.29. The van der Waals surface area contributed by atoms with E-state index in [1.165, 1.54) is 0 Å². The van der Waals surface area contributed by atoms with Crippen molar-refractivity contribution in [2.24, 2.45) is 0 Å². The van der Waals surface area contributed by atoms with Crippen molar-refractivity contribution in [3.8, 4) is 11.1 Å². The van der Waals surface area contributed by atoms with E-state index < -0.39 is 0 Å². The molecule has 0 bridgehead atoms. The lowest BCUT2D eigenvalue weighted by atomic mass is 10.0. The quantitative estimate of drug-likeness (QED) is 0.760. The van der Waals surface area contributed by atoms with Crippen LogP contribution in [0.5, 0.6) is 0 Å². The Balaban J connectivity index is 1.84. The molecule has 6 heteroatoms. The van der Waals surface area contributed by atoms with Gasteiger partial charge in [-0.2, -0.15) is 0 Å². The third kappa shape index (κ3) is 2.61.